The zero-order valence-electron chi connectivity index (χ0n) is 21.8. The van der Waals surface area contributed by atoms with Crippen LogP contribution in [0.3, 0.4) is 0 Å². The van der Waals surface area contributed by atoms with Gasteiger partial charge >= 0.3 is 0 Å². The second-order valence-corrected chi connectivity index (χ2v) is 10.0. The van der Waals surface area contributed by atoms with E-state index in [4.69, 9.17) is 19.2 Å². The Morgan fingerprint density at radius 2 is 1.92 bits per heavy atom. The van der Waals surface area contributed by atoms with Gasteiger partial charge in [-0.2, -0.15) is 0 Å². The second-order valence-electron chi connectivity index (χ2n) is 10.0. The zero-order chi connectivity index (χ0) is 25.7. The van der Waals surface area contributed by atoms with Gasteiger partial charge in [0.25, 0.3) is 0 Å². The fraction of sp³-hybridized carbons (Fsp3) is 0.536. The highest BCUT2D eigenvalue weighted by Gasteiger charge is 2.29. The molecule has 1 unspecified atom stereocenters. The molecule has 2 aromatic heterocycles. The van der Waals surface area contributed by atoms with Crippen molar-refractivity contribution >= 4 is 0 Å². The summed E-state index contributed by atoms with van der Waals surface area (Å²) in [6, 6.07) is 7.61. The van der Waals surface area contributed by atoms with Crippen LogP contribution in [0.15, 0.2) is 28.8 Å². The highest BCUT2D eigenvalue weighted by molar-refractivity contribution is 5.71. The SMILES string of the molecule is CNCC(O)COc1cccc(-c2nc(CCC3(O)CCCCC3)c(C)c(-c3c(C)noc3C)n2)c1. The summed E-state index contributed by atoms with van der Waals surface area (Å²) in [5.74, 6) is 1.94. The Labute approximate surface area is 213 Å². The van der Waals surface area contributed by atoms with Crippen LogP contribution in [0.4, 0.5) is 0 Å². The molecule has 1 aliphatic rings. The van der Waals surface area contributed by atoms with E-state index in [0.29, 0.717) is 36.7 Å². The maximum absolute atomic E-state index is 11.1. The molecule has 8 heteroatoms. The van der Waals surface area contributed by atoms with Crippen molar-refractivity contribution in [2.24, 2.45) is 0 Å². The summed E-state index contributed by atoms with van der Waals surface area (Å²) in [6.45, 7) is 6.49. The molecule has 0 saturated heterocycles. The lowest BCUT2D eigenvalue weighted by molar-refractivity contribution is -0.00364. The number of hydrogen-bond donors (Lipinski definition) is 3. The van der Waals surface area contributed by atoms with Crippen LogP contribution in [0.25, 0.3) is 22.6 Å². The van der Waals surface area contributed by atoms with E-state index in [1.54, 1.807) is 7.05 Å². The molecular weight excluding hydrogens is 456 g/mol. The van der Waals surface area contributed by atoms with E-state index in [1.165, 1.54) is 6.42 Å². The molecule has 0 amide bonds. The third-order valence-corrected chi connectivity index (χ3v) is 7.10. The fourth-order valence-corrected chi connectivity index (χ4v) is 5.02. The predicted octanol–water partition coefficient (Wildman–Crippen LogP) is 4.31. The van der Waals surface area contributed by atoms with E-state index in [2.05, 4.69) is 10.5 Å². The van der Waals surface area contributed by atoms with Crippen molar-refractivity contribution in [3.05, 3.63) is 47.0 Å². The number of aliphatic hydroxyl groups excluding tert-OH is 1. The molecule has 1 aliphatic carbocycles. The molecule has 8 nitrogen and oxygen atoms in total. The zero-order valence-corrected chi connectivity index (χ0v) is 21.8. The van der Waals surface area contributed by atoms with Crippen LogP contribution in [-0.2, 0) is 6.42 Å². The second kappa shape index (κ2) is 11.5. The largest absolute Gasteiger partial charge is 0.491 e. The lowest BCUT2D eigenvalue weighted by Gasteiger charge is -2.32. The number of ether oxygens (including phenoxy) is 1. The summed E-state index contributed by atoms with van der Waals surface area (Å²) < 4.78 is 11.3. The van der Waals surface area contributed by atoms with E-state index in [1.807, 2.05) is 45.0 Å². The quantitative estimate of drug-likeness (QED) is 0.382. The van der Waals surface area contributed by atoms with E-state index in [0.717, 1.165) is 59.5 Å². The Balaban J connectivity index is 1.69. The van der Waals surface area contributed by atoms with Gasteiger partial charge in [0.15, 0.2) is 5.82 Å². The summed E-state index contributed by atoms with van der Waals surface area (Å²) in [5, 5.41) is 28.2. The van der Waals surface area contributed by atoms with E-state index in [9.17, 15) is 10.2 Å². The maximum Gasteiger partial charge on any atom is 0.160 e. The smallest absolute Gasteiger partial charge is 0.160 e. The Morgan fingerprint density at radius 3 is 2.61 bits per heavy atom. The number of rotatable bonds is 10. The van der Waals surface area contributed by atoms with Crippen molar-refractivity contribution in [1.29, 1.82) is 0 Å². The molecule has 0 aliphatic heterocycles. The van der Waals surface area contributed by atoms with Gasteiger partial charge in [0.1, 0.15) is 24.2 Å². The van der Waals surface area contributed by atoms with Crippen molar-refractivity contribution < 1.29 is 19.5 Å². The van der Waals surface area contributed by atoms with Gasteiger partial charge in [0.2, 0.25) is 0 Å². The average Bonchev–Trinajstić information content (AvgIpc) is 3.20. The van der Waals surface area contributed by atoms with Gasteiger partial charge in [-0.25, -0.2) is 9.97 Å². The minimum absolute atomic E-state index is 0.188. The van der Waals surface area contributed by atoms with E-state index < -0.39 is 11.7 Å². The molecule has 3 N–H and O–H groups in total. The van der Waals surface area contributed by atoms with Crippen LogP contribution < -0.4 is 10.1 Å². The molecule has 0 spiro atoms. The standard InChI is InChI=1S/C28H38N4O4/c1-18-24(11-14-28(34)12-6-5-7-13-28)30-27(31-26(18)25-19(2)32-36-20(25)3)21-9-8-10-23(15-21)35-17-22(33)16-29-4/h8-10,15,22,29,33-34H,5-7,11-14,16-17H2,1-4H3. The van der Waals surface area contributed by atoms with E-state index >= 15 is 0 Å². The highest BCUT2D eigenvalue weighted by Crippen LogP contribution is 2.35. The van der Waals surface area contributed by atoms with Crippen LogP contribution in [0.1, 0.15) is 61.2 Å². The molecule has 2 heterocycles. The fourth-order valence-electron chi connectivity index (χ4n) is 5.02. The molecule has 0 bridgehead atoms. The number of nitrogens with one attached hydrogen (secondary N) is 1. The number of hydrogen-bond acceptors (Lipinski definition) is 8. The number of nitrogens with zero attached hydrogens (tertiary/aromatic N) is 3. The first-order valence-corrected chi connectivity index (χ1v) is 12.9. The van der Waals surface area contributed by atoms with Gasteiger partial charge in [-0.1, -0.05) is 36.6 Å². The van der Waals surface area contributed by atoms with Gasteiger partial charge in [0, 0.05) is 17.8 Å². The molecule has 1 atom stereocenters. The molecule has 36 heavy (non-hydrogen) atoms. The minimum atomic E-state index is -0.624. The third kappa shape index (κ3) is 6.11. The molecule has 1 saturated carbocycles. The Bertz CT molecular complexity index is 1150. The first-order valence-electron chi connectivity index (χ1n) is 12.9. The van der Waals surface area contributed by atoms with Crippen molar-refractivity contribution in [3.63, 3.8) is 0 Å². The van der Waals surface area contributed by atoms with Crippen LogP contribution in [0.5, 0.6) is 5.75 Å². The normalized spacial score (nSPS) is 16.2. The molecule has 194 valence electrons. The monoisotopic (exact) mass is 494 g/mol. The summed E-state index contributed by atoms with van der Waals surface area (Å²) in [7, 11) is 1.79. The third-order valence-electron chi connectivity index (χ3n) is 7.10. The topological polar surface area (TPSA) is 114 Å². The van der Waals surface area contributed by atoms with Gasteiger partial charge in [-0.3, -0.25) is 0 Å². The summed E-state index contributed by atoms with van der Waals surface area (Å²) in [5.41, 5.74) is 4.57. The molecule has 1 fully saturated rings. The van der Waals surface area contributed by atoms with Gasteiger partial charge in [-0.15, -0.1) is 0 Å². The summed E-state index contributed by atoms with van der Waals surface area (Å²) >= 11 is 0. The predicted molar refractivity (Wildman–Crippen MR) is 139 cm³/mol. The van der Waals surface area contributed by atoms with Crippen molar-refractivity contribution in [2.45, 2.75) is 77.4 Å². The van der Waals surface area contributed by atoms with Crippen LogP contribution in [-0.4, -0.2) is 57.2 Å². The number of aryl methyl sites for hydroxylation is 3. The Hall–Kier alpha value is -2.81. The molecule has 0 radical (unpaired) electrons. The lowest BCUT2D eigenvalue weighted by atomic mass is 9.81. The van der Waals surface area contributed by atoms with Gasteiger partial charge in [0.05, 0.1) is 22.6 Å². The van der Waals surface area contributed by atoms with Gasteiger partial charge < -0.3 is 24.8 Å². The first kappa shape index (κ1) is 26.3. The summed E-state index contributed by atoms with van der Waals surface area (Å²) in [6.07, 6.45) is 5.78. The lowest BCUT2D eigenvalue weighted by Crippen LogP contribution is -2.32. The van der Waals surface area contributed by atoms with E-state index in [-0.39, 0.29) is 6.61 Å². The number of aromatic nitrogens is 3. The maximum atomic E-state index is 11.1. The molecule has 1 aromatic carbocycles. The highest BCUT2D eigenvalue weighted by atomic mass is 16.5. The Kier molecular flexibility index (Phi) is 8.39. The molecule has 4 rings (SSSR count). The Morgan fingerprint density at radius 1 is 1.14 bits per heavy atom. The van der Waals surface area contributed by atoms with Gasteiger partial charge in [-0.05, 0) is 71.2 Å². The van der Waals surface area contributed by atoms with Crippen molar-refractivity contribution in [3.8, 4) is 28.4 Å². The molecular formula is C28H38N4O4. The first-order chi connectivity index (χ1) is 17.3. The number of likely N-dealkylation sites (N-methyl/N-ethyl adjacent to an activating group) is 1. The average molecular weight is 495 g/mol. The number of aliphatic hydroxyl groups is 2. The number of benzene rings is 1. The van der Waals surface area contributed by atoms with Crippen molar-refractivity contribution in [2.75, 3.05) is 20.2 Å². The molecule has 3 aromatic rings. The van der Waals surface area contributed by atoms with Crippen molar-refractivity contribution in [1.82, 2.24) is 20.4 Å². The van der Waals surface area contributed by atoms with Crippen LogP contribution >= 0.6 is 0 Å². The summed E-state index contributed by atoms with van der Waals surface area (Å²) in [4.78, 5) is 9.92. The van der Waals surface area contributed by atoms with Crippen LogP contribution in [0.2, 0.25) is 0 Å². The van der Waals surface area contributed by atoms with Crippen LogP contribution in [0, 0.1) is 20.8 Å². The minimum Gasteiger partial charge on any atom is -0.491 e.